The summed E-state index contributed by atoms with van der Waals surface area (Å²) in [5.74, 6) is 0.268. The number of aromatic nitrogens is 3. The van der Waals surface area contributed by atoms with Crippen LogP contribution in [0.3, 0.4) is 0 Å². The van der Waals surface area contributed by atoms with E-state index in [1.807, 2.05) is 22.9 Å². The fraction of sp³-hybridized carbons (Fsp3) is 0.286. The van der Waals surface area contributed by atoms with Crippen molar-refractivity contribution in [1.29, 1.82) is 0 Å². The topological polar surface area (TPSA) is 94.1 Å². The zero-order valence-corrected chi connectivity index (χ0v) is 13.7. The van der Waals surface area contributed by atoms with Crippen LogP contribution >= 0.6 is 23.2 Å². The Morgan fingerprint density at radius 3 is 2.70 bits per heavy atom. The fourth-order valence-corrected chi connectivity index (χ4v) is 2.61. The number of rotatable bonds is 6. The molecule has 1 unspecified atom stereocenters. The van der Waals surface area contributed by atoms with Gasteiger partial charge >= 0.3 is 0 Å². The third-order valence-electron chi connectivity index (χ3n) is 3.00. The van der Waals surface area contributed by atoms with E-state index in [2.05, 4.69) is 16.7 Å². The van der Waals surface area contributed by atoms with Crippen LogP contribution in [-0.2, 0) is 6.54 Å². The smallest absolute Gasteiger partial charge is 0.291 e. The Kier molecular flexibility index (Phi) is 8.07. The molecule has 23 heavy (non-hydrogen) atoms. The van der Waals surface area contributed by atoms with E-state index in [0.29, 0.717) is 10.0 Å². The lowest BCUT2D eigenvalue weighted by molar-refractivity contribution is -0.742. The first-order valence-corrected chi connectivity index (χ1v) is 7.41. The van der Waals surface area contributed by atoms with E-state index < -0.39 is 5.09 Å². The Balaban J connectivity index is 0.000000593. The molecule has 0 saturated carbocycles. The van der Waals surface area contributed by atoms with Gasteiger partial charge in [0.2, 0.25) is 0 Å². The van der Waals surface area contributed by atoms with E-state index in [9.17, 15) is 0 Å². The highest BCUT2D eigenvalue weighted by Crippen LogP contribution is 2.31. The van der Waals surface area contributed by atoms with E-state index >= 15 is 0 Å². The molecule has 0 saturated heterocycles. The number of allylic oxidation sites excluding steroid dienone is 1. The molecule has 1 aromatic heterocycles. The second-order valence-electron chi connectivity index (χ2n) is 4.58. The van der Waals surface area contributed by atoms with Gasteiger partial charge in [0.15, 0.2) is 0 Å². The summed E-state index contributed by atoms with van der Waals surface area (Å²) in [6.07, 6.45) is 7.06. The van der Waals surface area contributed by atoms with E-state index in [4.69, 9.17) is 38.5 Å². The molecule has 1 N–H and O–H groups in total. The van der Waals surface area contributed by atoms with Crippen LogP contribution in [0.1, 0.15) is 24.3 Å². The van der Waals surface area contributed by atoms with Crippen LogP contribution < -0.4 is 0 Å². The molecular weight excluding hydrogens is 343 g/mol. The zero-order chi connectivity index (χ0) is 17.2. The van der Waals surface area contributed by atoms with E-state index in [-0.39, 0.29) is 5.92 Å². The normalized spacial score (nSPS) is 11.2. The number of hydrogen-bond acceptors (Lipinski definition) is 4. The second-order valence-corrected chi connectivity index (χ2v) is 5.43. The molecule has 124 valence electrons. The van der Waals surface area contributed by atoms with Crippen LogP contribution in [0.5, 0.6) is 0 Å². The molecule has 7 nitrogen and oxygen atoms in total. The summed E-state index contributed by atoms with van der Waals surface area (Å²) in [7, 11) is 0. The first-order valence-electron chi connectivity index (χ1n) is 6.65. The van der Waals surface area contributed by atoms with Crippen molar-refractivity contribution >= 4 is 23.2 Å². The summed E-state index contributed by atoms with van der Waals surface area (Å²) in [4.78, 5) is 12.3. The minimum Gasteiger partial charge on any atom is -0.328 e. The molecule has 0 spiro atoms. The van der Waals surface area contributed by atoms with Crippen molar-refractivity contribution in [2.45, 2.75) is 25.3 Å². The minimum atomic E-state index is -1.50. The molecule has 2 rings (SSSR count). The maximum atomic E-state index is 8.36. The highest BCUT2D eigenvalue weighted by atomic mass is 35.5. The number of hydrogen-bond donors (Lipinski definition) is 1. The lowest BCUT2D eigenvalue weighted by Crippen LogP contribution is -2.10. The Labute approximate surface area is 143 Å². The third kappa shape index (κ3) is 7.12. The SMILES string of the molecule is C=CCCC(Cn1cncn1)c1ccc(Cl)cc1Cl.O=[N+]([O-])O. The van der Waals surface area contributed by atoms with Gasteiger partial charge in [0.1, 0.15) is 12.7 Å². The van der Waals surface area contributed by atoms with Crippen molar-refractivity contribution < 1.29 is 10.3 Å². The van der Waals surface area contributed by atoms with Gasteiger partial charge in [-0.2, -0.15) is 5.10 Å². The summed E-state index contributed by atoms with van der Waals surface area (Å²) in [6.45, 7) is 4.52. The number of benzene rings is 1. The van der Waals surface area contributed by atoms with Crippen molar-refractivity contribution in [2.24, 2.45) is 0 Å². The first kappa shape index (κ1) is 18.9. The zero-order valence-electron chi connectivity index (χ0n) is 12.2. The van der Waals surface area contributed by atoms with Crippen molar-refractivity contribution in [1.82, 2.24) is 14.8 Å². The summed E-state index contributed by atoms with van der Waals surface area (Å²) < 4.78 is 1.82. The minimum absolute atomic E-state index is 0.268. The van der Waals surface area contributed by atoms with E-state index in [0.717, 1.165) is 24.9 Å². The van der Waals surface area contributed by atoms with Gasteiger partial charge in [-0.25, -0.2) is 4.98 Å². The molecule has 0 fully saturated rings. The fourth-order valence-electron chi connectivity index (χ4n) is 2.05. The molecule has 1 atom stereocenters. The molecule has 2 aromatic rings. The van der Waals surface area contributed by atoms with Crippen LogP contribution in [0.2, 0.25) is 10.0 Å². The van der Waals surface area contributed by atoms with Gasteiger partial charge in [-0.1, -0.05) is 35.3 Å². The Morgan fingerprint density at radius 2 is 2.17 bits per heavy atom. The van der Waals surface area contributed by atoms with Gasteiger partial charge in [-0.15, -0.1) is 16.7 Å². The lowest BCUT2D eigenvalue weighted by atomic mass is 9.94. The van der Waals surface area contributed by atoms with Crippen LogP contribution in [0.4, 0.5) is 0 Å². The molecule has 9 heteroatoms. The van der Waals surface area contributed by atoms with Crippen molar-refractivity contribution in [3.63, 3.8) is 0 Å². The second kappa shape index (κ2) is 9.81. The summed E-state index contributed by atoms with van der Waals surface area (Å²) in [5.41, 5.74) is 1.09. The monoisotopic (exact) mass is 358 g/mol. The number of halogens is 2. The van der Waals surface area contributed by atoms with Gasteiger partial charge < -0.3 is 5.21 Å². The average Bonchev–Trinajstić information content (AvgIpc) is 2.96. The molecule has 1 aromatic carbocycles. The van der Waals surface area contributed by atoms with Crippen LogP contribution in [0.25, 0.3) is 0 Å². The quantitative estimate of drug-likeness (QED) is 0.478. The van der Waals surface area contributed by atoms with Gasteiger partial charge in [0, 0.05) is 22.5 Å². The van der Waals surface area contributed by atoms with Crippen LogP contribution in [0.15, 0.2) is 43.5 Å². The maximum Gasteiger partial charge on any atom is 0.291 e. The van der Waals surface area contributed by atoms with Gasteiger partial charge in [-0.3, -0.25) is 4.68 Å². The predicted octanol–water partition coefficient (Wildman–Crippen LogP) is 3.99. The standard InChI is InChI=1S/C14H15Cl2N3.HNO3/c1-2-3-4-11(8-19-10-17-9-18-19)13-6-5-12(15)7-14(13)16;2-1(3)4/h2,5-7,9-11H,1,3-4,8H2;(H,2,3,4). The summed E-state index contributed by atoms with van der Waals surface area (Å²) in [6, 6.07) is 5.63. The Morgan fingerprint density at radius 1 is 1.48 bits per heavy atom. The molecule has 0 radical (unpaired) electrons. The summed E-state index contributed by atoms with van der Waals surface area (Å²) >= 11 is 12.2. The lowest BCUT2D eigenvalue weighted by Gasteiger charge is -2.18. The molecular formula is C14H16Cl2N4O3. The molecule has 0 bridgehead atoms. The average molecular weight is 359 g/mol. The molecule has 0 aliphatic heterocycles. The Bertz CT molecular complexity index is 631. The van der Waals surface area contributed by atoms with Crippen molar-refractivity contribution in [3.8, 4) is 0 Å². The molecule has 0 aliphatic rings. The maximum absolute atomic E-state index is 8.36. The van der Waals surface area contributed by atoms with Gasteiger partial charge in [-0.05, 0) is 30.5 Å². The highest BCUT2D eigenvalue weighted by Gasteiger charge is 2.15. The number of nitrogens with zero attached hydrogens (tertiary/aromatic N) is 4. The highest BCUT2D eigenvalue weighted by molar-refractivity contribution is 6.35. The third-order valence-corrected chi connectivity index (χ3v) is 3.56. The largest absolute Gasteiger partial charge is 0.328 e. The van der Waals surface area contributed by atoms with Crippen molar-refractivity contribution in [2.75, 3.05) is 0 Å². The van der Waals surface area contributed by atoms with Gasteiger partial charge in [0.25, 0.3) is 5.09 Å². The van der Waals surface area contributed by atoms with Gasteiger partial charge in [0.05, 0.1) is 0 Å². The molecule has 0 aliphatic carbocycles. The molecule has 0 amide bonds. The molecule has 1 heterocycles. The van der Waals surface area contributed by atoms with E-state index in [1.54, 1.807) is 12.4 Å². The predicted molar refractivity (Wildman–Crippen MR) is 87.4 cm³/mol. The summed E-state index contributed by atoms with van der Waals surface area (Å²) in [5, 5.41) is 19.1. The van der Waals surface area contributed by atoms with Crippen LogP contribution in [0, 0.1) is 10.1 Å². The Hall–Kier alpha value is -2.12. The first-order chi connectivity index (χ1) is 10.9. The van der Waals surface area contributed by atoms with Crippen molar-refractivity contribution in [3.05, 3.63) is 69.2 Å². The van der Waals surface area contributed by atoms with E-state index in [1.165, 1.54) is 6.33 Å². The van der Waals surface area contributed by atoms with Crippen LogP contribution in [-0.4, -0.2) is 25.1 Å².